The van der Waals surface area contributed by atoms with Crippen LogP contribution >= 0.6 is 0 Å². The summed E-state index contributed by atoms with van der Waals surface area (Å²) in [6, 6.07) is 8.55. The molecular weight excluding hydrogens is 306 g/mol. The highest BCUT2D eigenvalue weighted by Crippen LogP contribution is 2.37. The van der Waals surface area contributed by atoms with Crippen molar-refractivity contribution in [3.05, 3.63) is 35.4 Å². The number of hydrogen-bond acceptors (Lipinski definition) is 3. The van der Waals surface area contributed by atoms with Crippen molar-refractivity contribution in [2.75, 3.05) is 5.75 Å². The lowest BCUT2D eigenvalue weighted by Crippen LogP contribution is -2.49. The van der Waals surface area contributed by atoms with E-state index in [1.165, 1.54) is 11.1 Å². The number of rotatable bonds is 8. The molecule has 0 aromatic heterocycles. The summed E-state index contributed by atoms with van der Waals surface area (Å²) in [5.74, 6) is 0.189. The summed E-state index contributed by atoms with van der Waals surface area (Å²) in [5, 5.41) is 3.04. The summed E-state index contributed by atoms with van der Waals surface area (Å²) in [4.78, 5) is 0. The van der Waals surface area contributed by atoms with Crippen LogP contribution in [-0.2, 0) is 16.3 Å². The van der Waals surface area contributed by atoms with Gasteiger partial charge < -0.3 is 0 Å². The van der Waals surface area contributed by atoms with Crippen LogP contribution in [0.2, 0.25) is 0 Å². The Morgan fingerprint density at radius 3 is 2.61 bits per heavy atom. The van der Waals surface area contributed by atoms with Crippen LogP contribution < -0.4 is 5.32 Å². The van der Waals surface area contributed by atoms with E-state index in [2.05, 4.69) is 44.3 Å². The number of benzene rings is 1. The predicted octanol–water partition coefficient (Wildman–Crippen LogP) is 4.24. The number of hydrogen-bond donors (Lipinski definition) is 1. The quantitative estimate of drug-likeness (QED) is 0.772. The molecule has 0 radical (unpaired) electrons. The van der Waals surface area contributed by atoms with E-state index in [1.54, 1.807) is 6.92 Å². The molecule has 0 heterocycles. The van der Waals surface area contributed by atoms with E-state index in [-0.39, 0.29) is 17.2 Å². The fourth-order valence-corrected chi connectivity index (χ4v) is 5.45. The largest absolute Gasteiger partial charge is 0.294 e. The van der Waals surface area contributed by atoms with Gasteiger partial charge in [-0.3, -0.25) is 5.32 Å². The van der Waals surface area contributed by atoms with Crippen LogP contribution in [0.1, 0.15) is 70.5 Å². The number of nitrogens with one attached hydrogen (secondary N) is 1. The summed E-state index contributed by atoms with van der Waals surface area (Å²) in [5.41, 5.74) is 2.36. The Morgan fingerprint density at radius 2 is 1.96 bits per heavy atom. The number of sulfone groups is 1. The Morgan fingerprint density at radius 1 is 1.26 bits per heavy atom. The van der Waals surface area contributed by atoms with Gasteiger partial charge in [0.15, 0.2) is 9.84 Å². The number of aryl methyl sites for hydroxylation is 1. The van der Waals surface area contributed by atoms with Gasteiger partial charge in [0.05, 0.1) is 0 Å². The molecule has 1 aliphatic carbocycles. The molecule has 1 N–H and O–H groups in total. The van der Waals surface area contributed by atoms with Gasteiger partial charge in [-0.15, -0.1) is 0 Å². The molecule has 2 atom stereocenters. The molecule has 2 rings (SSSR count). The highest BCUT2D eigenvalue weighted by atomic mass is 32.2. The molecule has 0 fully saturated rings. The Balaban J connectivity index is 2.26. The fraction of sp³-hybridized carbons (Fsp3) is 0.684. The molecule has 0 amide bonds. The molecule has 23 heavy (non-hydrogen) atoms. The topological polar surface area (TPSA) is 46.2 Å². The van der Waals surface area contributed by atoms with Crippen molar-refractivity contribution >= 4 is 9.84 Å². The van der Waals surface area contributed by atoms with Crippen molar-refractivity contribution in [1.82, 2.24) is 5.32 Å². The van der Waals surface area contributed by atoms with Crippen LogP contribution in [0.3, 0.4) is 0 Å². The van der Waals surface area contributed by atoms with Crippen molar-refractivity contribution < 1.29 is 8.42 Å². The molecule has 0 saturated heterocycles. The van der Waals surface area contributed by atoms with Crippen LogP contribution in [0.5, 0.6) is 0 Å². The van der Waals surface area contributed by atoms with Crippen LogP contribution in [0.25, 0.3) is 0 Å². The first kappa shape index (κ1) is 18.5. The summed E-state index contributed by atoms with van der Waals surface area (Å²) < 4.78 is 25.5. The lowest BCUT2D eigenvalue weighted by atomic mass is 9.86. The van der Waals surface area contributed by atoms with Gasteiger partial charge in [-0.25, -0.2) is 8.42 Å². The van der Waals surface area contributed by atoms with Gasteiger partial charge in [0.25, 0.3) is 0 Å². The molecule has 2 unspecified atom stereocenters. The van der Waals surface area contributed by atoms with Gasteiger partial charge in [-0.2, -0.15) is 0 Å². The molecule has 3 nitrogen and oxygen atoms in total. The smallest absolute Gasteiger partial charge is 0.166 e. The molecule has 0 spiro atoms. The second kappa shape index (κ2) is 7.35. The monoisotopic (exact) mass is 337 g/mol. The summed E-state index contributed by atoms with van der Waals surface area (Å²) in [7, 11) is -3.15. The third-order valence-electron chi connectivity index (χ3n) is 5.13. The summed E-state index contributed by atoms with van der Waals surface area (Å²) in [6.45, 7) is 8.09. The Hall–Kier alpha value is -0.870. The van der Waals surface area contributed by atoms with Gasteiger partial charge in [0.1, 0.15) is 5.37 Å². The zero-order chi connectivity index (χ0) is 17.1. The lowest BCUT2D eigenvalue weighted by molar-refractivity contribution is 0.254. The third-order valence-corrected chi connectivity index (χ3v) is 7.43. The summed E-state index contributed by atoms with van der Waals surface area (Å²) in [6.07, 6.45) is 5.09. The number of fused-ring (bicyclic) bond motifs is 1. The minimum Gasteiger partial charge on any atom is -0.294 e. The zero-order valence-corrected chi connectivity index (χ0v) is 15.7. The van der Waals surface area contributed by atoms with Crippen molar-refractivity contribution in [3.8, 4) is 0 Å². The number of unbranched alkanes of at least 4 members (excludes halogenated alkanes) is 1. The van der Waals surface area contributed by atoms with E-state index in [0.29, 0.717) is 0 Å². The van der Waals surface area contributed by atoms with Crippen LogP contribution in [0, 0.1) is 5.41 Å². The van der Waals surface area contributed by atoms with Gasteiger partial charge in [-0.05, 0) is 35.8 Å². The maximum Gasteiger partial charge on any atom is 0.166 e. The second-order valence-corrected chi connectivity index (χ2v) is 9.75. The molecule has 0 saturated carbocycles. The molecule has 0 aliphatic heterocycles. The fourth-order valence-electron chi connectivity index (χ4n) is 3.66. The average Bonchev–Trinajstić information content (AvgIpc) is 2.93. The lowest BCUT2D eigenvalue weighted by Gasteiger charge is -2.36. The molecule has 4 heteroatoms. The van der Waals surface area contributed by atoms with Crippen molar-refractivity contribution in [3.63, 3.8) is 0 Å². The van der Waals surface area contributed by atoms with E-state index in [4.69, 9.17) is 0 Å². The minimum atomic E-state index is -3.15. The first-order valence-corrected chi connectivity index (χ1v) is 10.6. The molecule has 1 aromatic carbocycles. The van der Waals surface area contributed by atoms with E-state index >= 15 is 0 Å². The first-order valence-electron chi connectivity index (χ1n) is 8.87. The third kappa shape index (κ3) is 4.16. The highest BCUT2D eigenvalue weighted by molar-refractivity contribution is 7.92. The normalized spacial score (nSPS) is 19.6. The molecule has 130 valence electrons. The van der Waals surface area contributed by atoms with Crippen LogP contribution in [0.4, 0.5) is 0 Å². The first-order chi connectivity index (χ1) is 10.8. The second-order valence-electron chi connectivity index (χ2n) is 7.38. The molecular formula is C19H31NO2S. The van der Waals surface area contributed by atoms with Crippen molar-refractivity contribution in [2.45, 2.75) is 71.2 Å². The van der Waals surface area contributed by atoms with Gasteiger partial charge in [-0.1, -0.05) is 64.8 Å². The average molecular weight is 338 g/mol. The van der Waals surface area contributed by atoms with Gasteiger partial charge in [0, 0.05) is 11.8 Å². The Labute approximate surface area is 141 Å². The predicted molar refractivity (Wildman–Crippen MR) is 97.2 cm³/mol. The maximum atomic E-state index is 12.7. The SMILES string of the molecule is CCCCC(C)(C)C(NC1CCc2ccccc21)S(=O)(=O)CC. The standard InChI is InChI=1S/C19H31NO2S/c1-5-7-14-19(3,4)18(23(21,22)6-2)20-17-13-12-15-10-8-9-11-16(15)17/h8-11,17-18,20H,5-7,12-14H2,1-4H3. The van der Waals surface area contributed by atoms with E-state index in [1.807, 2.05) is 6.07 Å². The van der Waals surface area contributed by atoms with Crippen molar-refractivity contribution in [2.24, 2.45) is 5.41 Å². The highest BCUT2D eigenvalue weighted by Gasteiger charge is 2.40. The van der Waals surface area contributed by atoms with E-state index in [9.17, 15) is 8.42 Å². The van der Waals surface area contributed by atoms with Crippen molar-refractivity contribution in [1.29, 1.82) is 0 Å². The zero-order valence-electron chi connectivity index (χ0n) is 14.9. The van der Waals surface area contributed by atoms with Gasteiger partial charge in [0.2, 0.25) is 0 Å². The molecule has 1 aliphatic rings. The van der Waals surface area contributed by atoms with E-state index < -0.39 is 15.2 Å². The maximum absolute atomic E-state index is 12.7. The molecule has 0 bridgehead atoms. The Bertz CT molecular complexity index is 622. The molecule has 1 aromatic rings. The Kier molecular flexibility index (Phi) is 5.90. The van der Waals surface area contributed by atoms with E-state index in [0.717, 1.165) is 32.1 Å². The minimum absolute atomic E-state index is 0.151. The summed E-state index contributed by atoms with van der Waals surface area (Å²) >= 11 is 0. The van der Waals surface area contributed by atoms with Gasteiger partial charge >= 0.3 is 0 Å². The van der Waals surface area contributed by atoms with Crippen LogP contribution in [0.15, 0.2) is 24.3 Å². The van der Waals surface area contributed by atoms with Crippen LogP contribution in [-0.4, -0.2) is 19.5 Å².